The molecule has 3 N–H and O–H groups in total. The van der Waals surface area contributed by atoms with Crippen LogP contribution in [0.5, 0.6) is 0 Å². The highest BCUT2D eigenvalue weighted by atomic mass is 35.5. The van der Waals surface area contributed by atoms with E-state index < -0.39 is 0 Å². The SMILES string of the molecule is Cn1nc(-c2cnc3[nH]cc(C(=O)N[C@@H]4CCC[C@H](O)C4)c3n2)c2ccc(Cl)cc21. The molecule has 8 nitrogen and oxygen atoms in total. The summed E-state index contributed by atoms with van der Waals surface area (Å²) in [6, 6.07) is 5.54. The third-order valence-electron chi connectivity index (χ3n) is 5.66. The van der Waals surface area contributed by atoms with Gasteiger partial charge in [-0.1, -0.05) is 11.6 Å². The van der Waals surface area contributed by atoms with Gasteiger partial charge >= 0.3 is 0 Å². The first kappa shape index (κ1) is 19.0. The standard InChI is InChI=1S/C21H21ClN6O2/c1-28-17-7-11(22)5-6-14(17)18(27-28)16-10-24-20-19(26-16)15(9-23-20)21(30)25-12-3-2-4-13(29)8-12/h5-7,9-10,12-13,29H,2-4,8H2,1H3,(H,23,24)(H,25,30)/t12-,13+/m1/s1. The van der Waals surface area contributed by atoms with Gasteiger partial charge in [0.1, 0.15) is 16.9 Å². The molecule has 1 aromatic carbocycles. The van der Waals surface area contributed by atoms with Gasteiger partial charge in [-0.15, -0.1) is 0 Å². The quantitative estimate of drug-likeness (QED) is 0.468. The number of aliphatic hydroxyl groups excluding tert-OH is 1. The van der Waals surface area contributed by atoms with Gasteiger partial charge in [0.15, 0.2) is 5.65 Å². The molecule has 1 aliphatic carbocycles. The number of hydrogen-bond acceptors (Lipinski definition) is 5. The molecule has 0 radical (unpaired) electrons. The third kappa shape index (κ3) is 3.32. The van der Waals surface area contributed by atoms with Crippen LogP contribution in [-0.2, 0) is 7.05 Å². The molecule has 0 saturated heterocycles. The first-order valence-electron chi connectivity index (χ1n) is 9.95. The van der Waals surface area contributed by atoms with Crippen LogP contribution in [0.3, 0.4) is 0 Å². The van der Waals surface area contributed by atoms with Crippen molar-refractivity contribution in [3.63, 3.8) is 0 Å². The van der Waals surface area contributed by atoms with Crippen molar-refractivity contribution < 1.29 is 9.90 Å². The minimum Gasteiger partial charge on any atom is -0.393 e. The van der Waals surface area contributed by atoms with E-state index in [2.05, 4.69) is 20.4 Å². The van der Waals surface area contributed by atoms with E-state index in [9.17, 15) is 9.90 Å². The molecule has 0 unspecified atom stereocenters. The van der Waals surface area contributed by atoms with Gasteiger partial charge in [0.25, 0.3) is 5.91 Å². The highest BCUT2D eigenvalue weighted by Gasteiger charge is 2.24. The van der Waals surface area contributed by atoms with Gasteiger partial charge in [-0.2, -0.15) is 5.10 Å². The molecular weight excluding hydrogens is 404 g/mol. The maximum absolute atomic E-state index is 12.9. The fourth-order valence-corrected chi connectivity index (χ4v) is 4.32. The van der Waals surface area contributed by atoms with Crippen molar-refractivity contribution >= 4 is 39.6 Å². The monoisotopic (exact) mass is 424 g/mol. The summed E-state index contributed by atoms with van der Waals surface area (Å²) in [6.45, 7) is 0. The van der Waals surface area contributed by atoms with Gasteiger partial charge in [0.05, 0.1) is 23.4 Å². The average molecular weight is 425 g/mol. The number of nitrogens with zero attached hydrogens (tertiary/aromatic N) is 4. The minimum atomic E-state index is -0.357. The third-order valence-corrected chi connectivity index (χ3v) is 5.90. The summed E-state index contributed by atoms with van der Waals surface area (Å²) in [4.78, 5) is 25.0. The average Bonchev–Trinajstić information content (AvgIpc) is 3.29. The van der Waals surface area contributed by atoms with Crippen molar-refractivity contribution in [2.75, 3.05) is 0 Å². The van der Waals surface area contributed by atoms with Crippen LogP contribution in [0, 0.1) is 0 Å². The Bertz CT molecular complexity index is 1260. The van der Waals surface area contributed by atoms with Crippen LogP contribution in [0.1, 0.15) is 36.0 Å². The summed E-state index contributed by atoms with van der Waals surface area (Å²) < 4.78 is 1.75. The zero-order chi connectivity index (χ0) is 20.8. The number of aliphatic hydroxyl groups is 1. The normalized spacial score (nSPS) is 19.4. The minimum absolute atomic E-state index is 0.0353. The number of amides is 1. The number of fused-ring (bicyclic) bond motifs is 2. The first-order chi connectivity index (χ1) is 14.5. The van der Waals surface area contributed by atoms with E-state index in [-0.39, 0.29) is 18.1 Å². The second-order valence-electron chi connectivity index (χ2n) is 7.78. The molecule has 30 heavy (non-hydrogen) atoms. The Morgan fingerprint density at radius 2 is 2.23 bits per heavy atom. The van der Waals surface area contributed by atoms with Gasteiger partial charge in [0, 0.05) is 29.7 Å². The fraction of sp³-hybridized carbons (Fsp3) is 0.333. The lowest BCUT2D eigenvalue weighted by molar-refractivity contribution is 0.0851. The van der Waals surface area contributed by atoms with E-state index in [1.807, 2.05) is 25.2 Å². The van der Waals surface area contributed by atoms with E-state index in [1.54, 1.807) is 17.1 Å². The van der Waals surface area contributed by atoms with Crippen molar-refractivity contribution in [1.82, 2.24) is 30.0 Å². The molecule has 2 atom stereocenters. The van der Waals surface area contributed by atoms with Crippen LogP contribution in [0.25, 0.3) is 33.5 Å². The summed E-state index contributed by atoms with van der Waals surface area (Å²) in [6.07, 6.45) is 6.05. The Morgan fingerprint density at radius 3 is 3.07 bits per heavy atom. The van der Waals surface area contributed by atoms with Crippen LogP contribution >= 0.6 is 11.6 Å². The highest BCUT2D eigenvalue weighted by Crippen LogP contribution is 2.29. The lowest BCUT2D eigenvalue weighted by Gasteiger charge is -2.26. The predicted molar refractivity (Wildman–Crippen MR) is 114 cm³/mol. The molecule has 1 saturated carbocycles. The van der Waals surface area contributed by atoms with Gasteiger partial charge in [0.2, 0.25) is 0 Å². The molecule has 0 aliphatic heterocycles. The number of halogens is 1. The Labute approximate surface area is 177 Å². The largest absolute Gasteiger partial charge is 0.393 e. The molecular formula is C21H21ClN6O2. The number of rotatable bonds is 3. The number of aromatic nitrogens is 5. The molecule has 154 valence electrons. The number of aromatic amines is 1. The van der Waals surface area contributed by atoms with E-state index in [1.165, 1.54) is 0 Å². The topological polar surface area (TPSA) is 109 Å². The Hall–Kier alpha value is -2.97. The molecule has 1 fully saturated rings. The molecule has 0 bridgehead atoms. The zero-order valence-corrected chi connectivity index (χ0v) is 17.1. The Morgan fingerprint density at radius 1 is 1.37 bits per heavy atom. The zero-order valence-electron chi connectivity index (χ0n) is 16.4. The smallest absolute Gasteiger partial charge is 0.255 e. The van der Waals surface area contributed by atoms with Crippen LogP contribution in [0.4, 0.5) is 0 Å². The number of carbonyl (C=O) groups is 1. The summed E-state index contributed by atoms with van der Waals surface area (Å²) in [5, 5.41) is 19.0. The van der Waals surface area contributed by atoms with Crippen LogP contribution in [-0.4, -0.2) is 47.9 Å². The summed E-state index contributed by atoms with van der Waals surface area (Å²) in [5.74, 6) is -0.218. The van der Waals surface area contributed by atoms with E-state index in [0.717, 1.165) is 30.2 Å². The van der Waals surface area contributed by atoms with Crippen molar-refractivity contribution in [3.05, 3.63) is 41.2 Å². The first-order valence-corrected chi connectivity index (χ1v) is 10.3. The number of H-pyrrole nitrogens is 1. The lowest BCUT2D eigenvalue weighted by Crippen LogP contribution is -2.39. The maximum Gasteiger partial charge on any atom is 0.255 e. The predicted octanol–water partition coefficient (Wildman–Crippen LogP) is 3.20. The van der Waals surface area contributed by atoms with Crippen molar-refractivity contribution in [1.29, 1.82) is 0 Å². The van der Waals surface area contributed by atoms with Crippen LogP contribution < -0.4 is 5.32 Å². The molecule has 5 rings (SSSR count). The van der Waals surface area contributed by atoms with Crippen molar-refractivity contribution in [2.45, 2.75) is 37.8 Å². The number of carbonyl (C=O) groups excluding carboxylic acids is 1. The number of benzene rings is 1. The number of nitrogens with one attached hydrogen (secondary N) is 2. The van der Waals surface area contributed by atoms with E-state index >= 15 is 0 Å². The van der Waals surface area contributed by atoms with Gasteiger partial charge in [-0.3, -0.25) is 9.48 Å². The molecule has 9 heteroatoms. The highest BCUT2D eigenvalue weighted by molar-refractivity contribution is 6.31. The van der Waals surface area contributed by atoms with E-state index in [0.29, 0.717) is 39.6 Å². The molecule has 4 aromatic rings. The molecule has 3 aromatic heterocycles. The fourth-order valence-electron chi connectivity index (χ4n) is 4.16. The lowest BCUT2D eigenvalue weighted by atomic mass is 9.93. The molecule has 3 heterocycles. The van der Waals surface area contributed by atoms with Crippen LogP contribution in [0.2, 0.25) is 5.02 Å². The molecule has 1 amide bonds. The van der Waals surface area contributed by atoms with Gasteiger partial charge in [-0.25, -0.2) is 9.97 Å². The van der Waals surface area contributed by atoms with Crippen molar-refractivity contribution in [2.24, 2.45) is 7.05 Å². The Kier molecular flexibility index (Phi) is 4.67. The van der Waals surface area contributed by atoms with Crippen molar-refractivity contribution in [3.8, 4) is 11.4 Å². The maximum atomic E-state index is 12.9. The van der Waals surface area contributed by atoms with Gasteiger partial charge < -0.3 is 15.4 Å². The molecule has 0 spiro atoms. The molecule has 1 aliphatic rings. The number of aryl methyl sites for hydroxylation is 1. The summed E-state index contributed by atoms with van der Waals surface area (Å²) in [7, 11) is 1.85. The number of hydrogen-bond donors (Lipinski definition) is 3. The van der Waals surface area contributed by atoms with Crippen LogP contribution in [0.15, 0.2) is 30.6 Å². The Balaban J connectivity index is 1.51. The summed E-state index contributed by atoms with van der Waals surface area (Å²) >= 11 is 6.12. The summed E-state index contributed by atoms with van der Waals surface area (Å²) in [5.41, 5.74) is 3.62. The van der Waals surface area contributed by atoms with E-state index in [4.69, 9.17) is 16.6 Å². The second-order valence-corrected chi connectivity index (χ2v) is 8.22. The second kappa shape index (κ2) is 7.37. The van der Waals surface area contributed by atoms with Gasteiger partial charge in [-0.05, 0) is 43.9 Å².